The van der Waals surface area contributed by atoms with E-state index in [1.54, 1.807) is 6.07 Å². The highest BCUT2D eigenvalue weighted by molar-refractivity contribution is 5.88. The second-order valence-electron chi connectivity index (χ2n) is 7.41. The van der Waals surface area contributed by atoms with E-state index in [1.807, 2.05) is 6.07 Å². The van der Waals surface area contributed by atoms with Crippen molar-refractivity contribution in [3.63, 3.8) is 0 Å². The van der Waals surface area contributed by atoms with Crippen molar-refractivity contribution < 1.29 is 8.78 Å². The molecule has 0 atom stereocenters. The molecule has 0 aliphatic heterocycles. The van der Waals surface area contributed by atoms with Crippen molar-refractivity contribution in [2.24, 2.45) is 5.92 Å². The van der Waals surface area contributed by atoms with Crippen LogP contribution in [0.5, 0.6) is 0 Å². The highest BCUT2D eigenvalue weighted by atomic mass is 19.2. The van der Waals surface area contributed by atoms with Gasteiger partial charge in [0.05, 0.1) is 0 Å². The van der Waals surface area contributed by atoms with Gasteiger partial charge in [0, 0.05) is 0 Å². The molecule has 1 saturated carbocycles. The topological polar surface area (TPSA) is 0 Å². The normalized spacial score (nSPS) is 20.8. The number of hydrogen-bond acceptors (Lipinski definition) is 0. The van der Waals surface area contributed by atoms with E-state index in [0.29, 0.717) is 11.5 Å². The third-order valence-corrected chi connectivity index (χ3v) is 5.60. The first-order valence-electron chi connectivity index (χ1n) is 9.09. The van der Waals surface area contributed by atoms with Crippen LogP contribution < -0.4 is 0 Å². The second kappa shape index (κ2) is 6.59. The van der Waals surface area contributed by atoms with E-state index in [2.05, 4.69) is 37.3 Å². The Bertz CT molecular complexity index is 905. The first-order chi connectivity index (χ1) is 12.1. The van der Waals surface area contributed by atoms with Crippen LogP contribution in [0.1, 0.15) is 44.1 Å². The van der Waals surface area contributed by atoms with Gasteiger partial charge in [0.2, 0.25) is 0 Å². The summed E-state index contributed by atoms with van der Waals surface area (Å²) >= 11 is 0. The number of rotatable bonds is 2. The van der Waals surface area contributed by atoms with Crippen molar-refractivity contribution >= 4 is 10.8 Å². The van der Waals surface area contributed by atoms with Gasteiger partial charge in [-0.15, -0.1) is 0 Å². The Morgan fingerprint density at radius 1 is 0.680 bits per heavy atom. The standard InChI is InChI=1S/C23H22F2/c1-15-2-4-16(5-3-15)17-6-7-19-13-20(9-8-18(19)12-17)21-10-11-22(24)23(25)14-21/h6-16H,2-5H2,1H3. The molecule has 0 saturated heterocycles. The molecule has 0 aromatic heterocycles. The third-order valence-electron chi connectivity index (χ3n) is 5.60. The van der Waals surface area contributed by atoms with E-state index in [4.69, 9.17) is 0 Å². The van der Waals surface area contributed by atoms with Crippen LogP contribution in [-0.2, 0) is 0 Å². The summed E-state index contributed by atoms with van der Waals surface area (Å²) < 4.78 is 26.6. The predicted octanol–water partition coefficient (Wildman–Crippen LogP) is 7.08. The lowest BCUT2D eigenvalue weighted by Crippen LogP contribution is -2.10. The Morgan fingerprint density at radius 2 is 1.32 bits per heavy atom. The van der Waals surface area contributed by atoms with E-state index in [0.717, 1.165) is 16.9 Å². The van der Waals surface area contributed by atoms with Crippen molar-refractivity contribution in [1.82, 2.24) is 0 Å². The SMILES string of the molecule is CC1CCC(c2ccc3cc(-c4ccc(F)c(F)c4)ccc3c2)CC1. The highest BCUT2D eigenvalue weighted by Gasteiger charge is 2.19. The van der Waals surface area contributed by atoms with Gasteiger partial charge in [-0.3, -0.25) is 0 Å². The molecule has 1 aliphatic rings. The summed E-state index contributed by atoms with van der Waals surface area (Å²) in [6.07, 6.45) is 5.19. The Labute approximate surface area is 147 Å². The Balaban J connectivity index is 1.65. The zero-order valence-corrected chi connectivity index (χ0v) is 14.4. The van der Waals surface area contributed by atoms with Crippen LogP contribution in [0.4, 0.5) is 8.78 Å². The summed E-state index contributed by atoms with van der Waals surface area (Å²) in [7, 11) is 0. The lowest BCUT2D eigenvalue weighted by molar-refractivity contribution is 0.348. The lowest BCUT2D eigenvalue weighted by Gasteiger charge is -2.26. The molecule has 0 heterocycles. The smallest absolute Gasteiger partial charge is 0.159 e. The maximum atomic E-state index is 13.5. The predicted molar refractivity (Wildman–Crippen MR) is 99.7 cm³/mol. The average Bonchev–Trinajstić information content (AvgIpc) is 2.64. The van der Waals surface area contributed by atoms with Gasteiger partial charge in [-0.25, -0.2) is 8.78 Å². The molecule has 0 N–H and O–H groups in total. The molecule has 1 fully saturated rings. The summed E-state index contributed by atoms with van der Waals surface area (Å²) in [6, 6.07) is 16.9. The van der Waals surface area contributed by atoms with Crippen LogP contribution >= 0.6 is 0 Å². The van der Waals surface area contributed by atoms with E-state index in [1.165, 1.54) is 48.8 Å². The zero-order chi connectivity index (χ0) is 17.4. The Kier molecular flexibility index (Phi) is 4.29. The molecular formula is C23H22F2. The summed E-state index contributed by atoms with van der Waals surface area (Å²) in [5.41, 5.74) is 3.04. The average molecular weight is 336 g/mol. The maximum absolute atomic E-state index is 13.5. The van der Waals surface area contributed by atoms with E-state index < -0.39 is 11.6 Å². The van der Waals surface area contributed by atoms with Crippen LogP contribution in [-0.4, -0.2) is 0 Å². The molecule has 0 radical (unpaired) electrons. The molecule has 0 unspecified atom stereocenters. The molecule has 0 amide bonds. The third kappa shape index (κ3) is 3.30. The van der Waals surface area contributed by atoms with Crippen LogP contribution in [0, 0.1) is 17.6 Å². The first kappa shape index (κ1) is 16.3. The van der Waals surface area contributed by atoms with E-state index in [-0.39, 0.29) is 0 Å². The largest absolute Gasteiger partial charge is 0.204 e. The van der Waals surface area contributed by atoms with Gasteiger partial charge in [-0.1, -0.05) is 56.2 Å². The molecule has 1 aliphatic carbocycles. The molecule has 0 bridgehead atoms. The molecule has 0 nitrogen and oxygen atoms in total. The monoisotopic (exact) mass is 336 g/mol. The molecule has 3 aromatic carbocycles. The van der Waals surface area contributed by atoms with E-state index in [9.17, 15) is 8.78 Å². The van der Waals surface area contributed by atoms with E-state index >= 15 is 0 Å². The van der Waals surface area contributed by atoms with Crippen LogP contribution in [0.3, 0.4) is 0 Å². The van der Waals surface area contributed by atoms with Gasteiger partial charge in [0.15, 0.2) is 11.6 Å². The summed E-state index contributed by atoms with van der Waals surface area (Å²) in [6.45, 7) is 2.34. The minimum atomic E-state index is -0.809. The van der Waals surface area contributed by atoms with Gasteiger partial charge in [0.25, 0.3) is 0 Å². The summed E-state index contributed by atoms with van der Waals surface area (Å²) in [5, 5.41) is 2.35. The highest BCUT2D eigenvalue weighted by Crippen LogP contribution is 2.37. The summed E-state index contributed by atoms with van der Waals surface area (Å²) in [4.78, 5) is 0. The minimum Gasteiger partial charge on any atom is -0.204 e. The summed E-state index contributed by atoms with van der Waals surface area (Å²) in [5.74, 6) is -0.0858. The second-order valence-corrected chi connectivity index (χ2v) is 7.41. The van der Waals surface area contributed by atoms with Gasteiger partial charge in [-0.05, 0) is 70.3 Å². The zero-order valence-electron chi connectivity index (χ0n) is 14.4. The molecule has 2 heteroatoms. The molecule has 128 valence electrons. The van der Waals surface area contributed by atoms with Crippen molar-refractivity contribution in [2.45, 2.75) is 38.5 Å². The number of hydrogen-bond donors (Lipinski definition) is 0. The lowest BCUT2D eigenvalue weighted by atomic mass is 9.79. The van der Waals surface area contributed by atoms with Crippen LogP contribution in [0.15, 0.2) is 54.6 Å². The van der Waals surface area contributed by atoms with Gasteiger partial charge >= 0.3 is 0 Å². The Morgan fingerprint density at radius 3 is 2.08 bits per heavy atom. The van der Waals surface area contributed by atoms with Crippen molar-refractivity contribution in [3.05, 3.63) is 71.8 Å². The molecule has 3 aromatic rings. The van der Waals surface area contributed by atoms with Gasteiger partial charge in [-0.2, -0.15) is 0 Å². The molecule has 0 spiro atoms. The van der Waals surface area contributed by atoms with Crippen molar-refractivity contribution in [1.29, 1.82) is 0 Å². The van der Waals surface area contributed by atoms with Crippen molar-refractivity contribution in [3.8, 4) is 11.1 Å². The number of halogens is 2. The maximum Gasteiger partial charge on any atom is 0.159 e. The quantitative estimate of drug-likeness (QED) is 0.469. The van der Waals surface area contributed by atoms with Crippen molar-refractivity contribution in [2.75, 3.05) is 0 Å². The van der Waals surface area contributed by atoms with Gasteiger partial charge < -0.3 is 0 Å². The fourth-order valence-corrected chi connectivity index (χ4v) is 3.97. The number of fused-ring (bicyclic) bond motifs is 1. The molecular weight excluding hydrogens is 314 g/mol. The molecule has 4 rings (SSSR count). The number of benzene rings is 3. The van der Waals surface area contributed by atoms with Crippen LogP contribution in [0.2, 0.25) is 0 Å². The fourth-order valence-electron chi connectivity index (χ4n) is 3.97. The van der Waals surface area contributed by atoms with Crippen LogP contribution in [0.25, 0.3) is 21.9 Å². The fraction of sp³-hybridized carbons (Fsp3) is 0.304. The molecule has 25 heavy (non-hydrogen) atoms. The first-order valence-corrected chi connectivity index (χ1v) is 9.09. The Hall–Kier alpha value is -2.22. The van der Waals surface area contributed by atoms with Gasteiger partial charge in [0.1, 0.15) is 0 Å². The minimum absolute atomic E-state index is 0.673.